The first-order valence-corrected chi connectivity index (χ1v) is 44.5. The van der Waals surface area contributed by atoms with Crippen molar-refractivity contribution >= 4 is 110 Å². The molecule has 0 radical (unpaired) electrons. The van der Waals surface area contributed by atoms with Crippen LogP contribution in [0.1, 0.15) is 256 Å². The van der Waals surface area contributed by atoms with Crippen molar-refractivity contribution in [2.24, 2.45) is 11.8 Å². The molecular weight excluding hydrogens is 1170 g/mol. The number of unbranched alkanes of at least 4 members (excludes halogenated alkanes) is 19. The Hall–Kier alpha value is -1.54. The Labute approximate surface area is 503 Å². The minimum absolute atomic E-state index is 0.762. The van der Waals surface area contributed by atoms with Crippen LogP contribution in [0.3, 0.4) is 0 Å². The monoisotopic (exact) mass is 1270 g/mol. The second-order valence-electron chi connectivity index (χ2n) is 23.5. The topological polar surface area (TPSA) is 51.6 Å². The van der Waals surface area contributed by atoms with Crippen molar-refractivity contribution in [3.63, 3.8) is 0 Å². The summed E-state index contributed by atoms with van der Waals surface area (Å²) in [5.41, 5.74) is 4.61. The number of nitrogens with zero attached hydrogens (tertiary/aromatic N) is 4. The van der Waals surface area contributed by atoms with Gasteiger partial charge in [-0.15, -0.1) is 0 Å². The van der Waals surface area contributed by atoms with Gasteiger partial charge in [-0.25, -0.2) is 0 Å². The van der Waals surface area contributed by atoms with Crippen LogP contribution in [0.2, 0.25) is 13.3 Å². The predicted octanol–water partition coefficient (Wildman–Crippen LogP) is 24.7. The van der Waals surface area contributed by atoms with Gasteiger partial charge in [0.25, 0.3) is 0 Å². The molecule has 11 heteroatoms. The van der Waals surface area contributed by atoms with E-state index in [-0.39, 0.29) is 0 Å². The van der Waals surface area contributed by atoms with Gasteiger partial charge in [-0.1, -0.05) is 182 Å². The molecule has 0 N–H and O–H groups in total. The molecule has 78 heavy (non-hydrogen) atoms. The van der Waals surface area contributed by atoms with E-state index in [1.165, 1.54) is 269 Å². The standard InChI is InChI=1S/C55H75N4S6.3C4H9.Sn/c1-6-10-14-18-20-24-28-40(26-22-16-12-8-3)36-42-30-32-44(62-42)52-58-48-46(54-56-34-35-60-54)50-49(47(51(48)65-52)55-57-38-39(5)61-55)59-53(64-50)45-33-31-43(63-45)37-41(27-23-17-13-9-4)29-25-21-19-15-11-7-2;3*1-3-4-2;/h30-34,38,40-41H,6-29,36-37H2,1-5H3;3*1,3-4H2,2H3;. The number of rotatable bonds is 42. The van der Waals surface area contributed by atoms with Crippen LogP contribution in [0, 0.1) is 18.8 Å². The summed E-state index contributed by atoms with van der Waals surface area (Å²) in [5, 5.41) is 4.50. The van der Waals surface area contributed by atoms with Crippen LogP contribution in [-0.4, -0.2) is 38.3 Å². The molecule has 0 aliphatic carbocycles. The Morgan fingerprint density at radius 1 is 0.385 bits per heavy atom. The molecule has 4 nitrogen and oxygen atoms in total. The number of thiophene rings is 2. The number of hydrogen-bond acceptors (Lipinski definition) is 10. The van der Waals surface area contributed by atoms with Gasteiger partial charge in [0.15, 0.2) is 0 Å². The summed E-state index contributed by atoms with van der Waals surface area (Å²) < 4.78 is 8.51. The molecule has 430 valence electrons. The molecule has 7 aromatic rings. The van der Waals surface area contributed by atoms with Crippen LogP contribution in [0.15, 0.2) is 36.7 Å². The number of aryl methyl sites for hydroxylation is 1. The van der Waals surface area contributed by atoms with Crippen molar-refractivity contribution in [2.75, 3.05) is 0 Å². The van der Waals surface area contributed by atoms with E-state index in [1.54, 1.807) is 2.89 Å². The first kappa shape index (κ1) is 64.0. The van der Waals surface area contributed by atoms with Gasteiger partial charge in [0.2, 0.25) is 0 Å². The molecule has 0 bridgehead atoms. The summed E-state index contributed by atoms with van der Waals surface area (Å²) in [7, 11) is 0. The van der Waals surface area contributed by atoms with E-state index in [0.29, 0.717) is 0 Å². The van der Waals surface area contributed by atoms with Gasteiger partial charge < -0.3 is 0 Å². The summed E-state index contributed by atoms with van der Waals surface area (Å²) in [4.78, 5) is 29.3. The maximum absolute atomic E-state index is 5.84. The van der Waals surface area contributed by atoms with Crippen molar-refractivity contribution < 1.29 is 0 Å². The van der Waals surface area contributed by atoms with Gasteiger partial charge in [-0.05, 0) is 0 Å². The van der Waals surface area contributed by atoms with Gasteiger partial charge in [0.05, 0.1) is 0 Å². The van der Waals surface area contributed by atoms with Gasteiger partial charge in [0, 0.05) is 0 Å². The molecule has 6 heterocycles. The average Bonchev–Trinajstić information content (AvgIpc) is 4.52. The van der Waals surface area contributed by atoms with Crippen molar-refractivity contribution in [1.29, 1.82) is 0 Å². The molecule has 0 aliphatic heterocycles. The first-order chi connectivity index (χ1) is 38.3. The molecule has 0 saturated carbocycles. The van der Waals surface area contributed by atoms with Crippen LogP contribution in [0.4, 0.5) is 0 Å². The fourth-order valence-corrected chi connectivity index (χ4v) is 37.4. The summed E-state index contributed by atoms with van der Waals surface area (Å²) >= 11 is 8.88. The van der Waals surface area contributed by atoms with E-state index in [1.807, 2.05) is 56.7 Å². The third-order valence-corrected chi connectivity index (χ3v) is 41.7. The van der Waals surface area contributed by atoms with E-state index >= 15 is 0 Å². The third kappa shape index (κ3) is 18.5. The van der Waals surface area contributed by atoms with Crippen molar-refractivity contribution in [2.45, 2.75) is 274 Å². The fourth-order valence-electron chi connectivity index (χ4n) is 12.2. The van der Waals surface area contributed by atoms with Crippen molar-refractivity contribution in [1.82, 2.24) is 19.9 Å². The Kier molecular flexibility index (Phi) is 28.7. The van der Waals surface area contributed by atoms with Crippen LogP contribution in [0.5, 0.6) is 0 Å². The Morgan fingerprint density at radius 2 is 0.756 bits per heavy atom. The van der Waals surface area contributed by atoms with E-state index in [9.17, 15) is 0 Å². The van der Waals surface area contributed by atoms with Crippen LogP contribution >= 0.6 is 68.0 Å². The Bertz CT molecular complexity index is 2600. The molecular formula is C67H102N4S6Sn. The molecule has 0 amide bonds. The first-order valence-electron chi connectivity index (χ1n) is 32.1. The molecule has 0 aliphatic rings. The molecule has 0 saturated heterocycles. The van der Waals surface area contributed by atoms with Gasteiger partial charge in [-0.2, -0.15) is 0 Å². The zero-order valence-corrected chi connectivity index (χ0v) is 57.9. The summed E-state index contributed by atoms with van der Waals surface area (Å²) in [6.45, 7) is 18.7. The SMILES string of the molecule is CCCCCCCCC(CCCCCC)Cc1ccc(-c2nc3c(-c4nc[c]([Sn]([CH2]CCC)([CH2]CCC)[CH2]CCC)s4)c4sc(-c5ccc(CC(CCCCCC)CCCCCCCC)s5)nc4c(-c4ncc(C)s4)c3s2)s1. The molecule has 0 fully saturated rings. The predicted molar refractivity (Wildman–Crippen MR) is 359 cm³/mol. The Morgan fingerprint density at radius 3 is 1.15 bits per heavy atom. The van der Waals surface area contributed by atoms with E-state index in [4.69, 9.17) is 19.9 Å². The summed E-state index contributed by atoms with van der Waals surface area (Å²) in [6, 6.07) is 9.71. The normalized spacial score (nSPS) is 13.0. The molecule has 7 rings (SSSR count). The maximum atomic E-state index is 5.84. The van der Waals surface area contributed by atoms with Crippen LogP contribution < -0.4 is 2.89 Å². The fraction of sp³-hybridized carbons (Fsp3) is 0.672. The molecule has 2 unspecified atom stereocenters. The van der Waals surface area contributed by atoms with E-state index in [0.717, 1.165) is 37.9 Å². The second-order valence-corrected chi connectivity index (χ2v) is 44.3. The van der Waals surface area contributed by atoms with Crippen LogP contribution in [-0.2, 0) is 12.8 Å². The van der Waals surface area contributed by atoms with Crippen LogP contribution in [0.25, 0.3) is 61.3 Å². The molecule has 1 aromatic carbocycles. The molecule has 2 atom stereocenters. The van der Waals surface area contributed by atoms with E-state index in [2.05, 4.69) is 103 Å². The Balaban J connectivity index is 1.31. The second kappa shape index (κ2) is 34.9. The van der Waals surface area contributed by atoms with E-state index < -0.39 is 18.4 Å². The minimum atomic E-state index is -2.80. The number of aromatic nitrogens is 4. The van der Waals surface area contributed by atoms with Crippen molar-refractivity contribution in [3.05, 3.63) is 51.3 Å². The average molecular weight is 1270 g/mol. The zero-order chi connectivity index (χ0) is 55.0. The zero-order valence-electron chi connectivity index (χ0n) is 50.1. The van der Waals surface area contributed by atoms with Gasteiger partial charge >= 0.3 is 326 Å². The number of thiazole rings is 4. The summed E-state index contributed by atoms with van der Waals surface area (Å²) in [5.74, 6) is 1.52. The summed E-state index contributed by atoms with van der Waals surface area (Å²) in [6.07, 6.45) is 47.5. The molecule has 0 spiro atoms. The number of benzene rings is 1. The quantitative estimate of drug-likeness (QED) is 0.0283. The van der Waals surface area contributed by atoms with Gasteiger partial charge in [-0.3, -0.25) is 0 Å². The van der Waals surface area contributed by atoms with Gasteiger partial charge in [0.1, 0.15) is 0 Å². The number of hydrogen-bond donors (Lipinski definition) is 0. The molecule has 6 aromatic heterocycles. The van der Waals surface area contributed by atoms with Crippen molar-refractivity contribution in [3.8, 4) is 40.9 Å². The third-order valence-electron chi connectivity index (χ3n) is 16.9. The number of fused-ring (bicyclic) bond motifs is 2.